The first-order valence-electron chi connectivity index (χ1n) is 9.09. The molecule has 2 heteroatoms. The summed E-state index contributed by atoms with van der Waals surface area (Å²) in [6.45, 7) is 0. The normalized spacial score (nSPS) is 52.4. The molecule has 3 unspecified atom stereocenters. The van der Waals surface area contributed by atoms with E-state index in [0.717, 1.165) is 27.6 Å². The average Bonchev–Trinajstić information content (AvgIpc) is 3.27. The predicted molar refractivity (Wildman–Crippen MR) is 91.2 cm³/mol. The van der Waals surface area contributed by atoms with Crippen molar-refractivity contribution in [3.8, 4) is 0 Å². The molecule has 4 aliphatic rings. The minimum absolute atomic E-state index is 0.686. The van der Waals surface area contributed by atoms with Gasteiger partial charge in [0.2, 0.25) is 0 Å². The van der Waals surface area contributed by atoms with Gasteiger partial charge in [-0.2, -0.15) is 0 Å². The minimum Gasteiger partial charge on any atom is -0.370 e. The van der Waals surface area contributed by atoms with Gasteiger partial charge in [0, 0.05) is 3.92 Å². The van der Waals surface area contributed by atoms with Crippen LogP contribution in [0.5, 0.6) is 0 Å². The molecule has 4 rings (SSSR count). The molecule has 0 bridgehead atoms. The molecule has 4 fully saturated rings. The fraction of sp³-hybridized carbons (Fsp3) is 1.00. The van der Waals surface area contributed by atoms with E-state index in [-0.39, 0.29) is 0 Å². The zero-order valence-corrected chi connectivity index (χ0v) is 14.8. The molecule has 3 aliphatic carbocycles. The lowest BCUT2D eigenvalue weighted by atomic mass is 9.66. The number of epoxide rings is 1. The van der Waals surface area contributed by atoms with Gasteiger partial charge < -0.3 is 4.74 Å². The maximum Gasteiger partial charge on any atom is 0.0844 e. The third-order valence-corrected chi connectivity index (χ3v) is 8.14. The molecule has 1 nitrogen and oxygen atoms in total. The number of alkyl halides is 1. The molecule has 0 N–H and O–H groups in total. The zero-order valence-electron chi connectivity index (χ0n) is 12.6. The van der Waals surface area contributed by atoms with Crippen molar-refractivity contribution in [1.29, 1.82) is 0 Å². The molecule has 1 saturated heterocycles. The van der Waals surface area contributed by atoms with E-state index >= 15 is 0 Å². The van der Waals surface area contributed by atoms with Crippen LogP contribution in [0.4, 0.5) is 0 Å². The lowest BCUT2D eigenvalue weighted by Gasteiger charge is -2.39. The van der Waals surface area contributed by atoms with E-state index in [1.54, 1.807) is 12.8 Å². The monoisotopic (exact) mass is 388 g/mol. The fourth-order valence-electron chi connectivity index (χ4n) is 5.50. The molecule has 20 heavy (non-hydrogen) atoms. The van der Waals surface area contributed by atoms with Gasteiger partial charge >= 0.3 is 0 Å². The summed E-state index contributed by atoms with van der Waals surface area (Å²) in [5.41, 5.74) is 0. The summed E-state index contributed by atoms with van der Waals surface area (Å²) < 4.78 is 6.70. The van der Waals surface area contributed by atoms with Gasteiger partial charge in [-0.3, -0.25) is 0 Å². The quantitative estimate of drug-likeness (QED) is 0.353. The van der Waals surface area contributed by atoms with Gasteiger partial charge in [-0.25, -0.2) is 0 Å². The molecule has 3 atom stereocenters. The predicted octanol–water partition coefficient (Wildman–Crippen LogP) is 5.35. The van der Waals surface area contributed by atoms with Crippen molar-refractivity contribution in [2.75, 3.05) is 0 Å². The Kier molecular flexibility index (Phi) is 4.33. The maximum absolute atomic E-state index is 5.72. The molecule has 0 spiro atoms. The van der Waals surface area contributed by atoms with Gasteiger partial charge in [0.1, 0.15) is 0 Å². The molecule has 1 heterocycles. The summed E-state index contributed by atoms with van der Waals surface area (Å²) in [5.74, 6) is 4.25. The molecule has 0 aromatic carbocycles. The van der Waals surface area contributed by atoms with Gasteiger partial charge in [0.05, 0.1) is 12.2 Å². The Balaban J connectivity index is 1.25. The fourth-order valence-corrected chi connectivity index (χ4v) is 6.22. The first-order chi connectivity index (χ1) is 9.79. The number of halogens is 1. The summed E-state index contributed by atoms with van der Waals surface area (Å²) in [7, 11) is 0. The first-order valence-corrected chi connectivity index (χ1v) is 10.3. The SMILES string of the molecule is IC1CCC(C2CCC(C3CCC4OC4C3)CC2)CC1. The van der Waals surface area contributed by atoms with Crippen LogP contribution in [-0.4, -0.2) is 16.1 Å². The Hall–Kier alpha value is 0.690. The molecular weight excluding hydrogens is 359 g/mol. The molecular formula is C18H29IO. The number of rotatable bonds is 2. The summed E-state index contributed by atoms with van der Waals surface area (Å²) in [6, 6.07) is 0. The number of hydrogen-bond donors (Lipinski definition) is 0. The van der Waals surface area contributed by atoms with E-state index in [9.17, 15) is 0 Å². The van der Waals surface area contributed by atoms with Crippen molar-refractivity contribution < 1.29 is 4.74 Å². The second kappa shape index (κ2) is 6.06. The third kappa shape index (κ3) is 3.06. The van der Waals surface area contributed by atoms with Crippen LogP contribution < -0.4 is 0 Å². The van der Waals surface area contributed by atoms with Crippen LogP contribution in [0.3, 0.4) is 0 Å². The summed E-state index contributed by atoms with van der Waals surface area (Å²) in [5, 5.41) is 0. The lowest BCUT2D eigenvalue weighted by Crippen LogP contribution is -2.30. The van der Waals surface area contributed by atoms with Gasteiger partial charge in [0.25, 0.3) is 0 Å². The topological polar surface area (TPSA) is 12.5 Å². The summed E-state index contributed by atoms with van der Waals surface area (Å²) in [6.07, 6.45) is 17.8. The second-order valence-corrected chi connectivity index (χ2v) is 9.73. The van der Waals surface area contributed by atoms with Crippen LogP contribution in [0, 0.1) is 23.7 Å². The third-order valence-electron chi connectivity index (χ3n) is 6.90. The lowest BCUT2D eigenvalue weighted by molar-refractivity contribution is 0.128. The Morgan fingerprint density at radius 3 is 1.65 bits per heavy atom. The summed E-state index contributed by atoms with van der Waals surface area (Å²) >= 11 is 2.66. The van der Waals surface area contributed by atoms with Crippen LogP contribution in [0.2, 0.25) is 0 Å². The van der Waals surface area contributed by atoms with Crippen LogP contribution in [0.15, 0.2) is 0 Å². The molecule has 0 aromatic rings. The highest BCUT2D eigenvalue weighted by Gasteiger charge is 2.46. The molecule has 0 radical (unpaired) electrons. The smallest absolute Gasteiger partial charge is 0.0844 e. The van der Waals surface area contributed by atoms with Crippen molar-refractivity contribution in [1.82, 2.24) is 0 Å². The summed E-state index contributed by atoms with van der Waals surface area (Å²) in [4.78, 5) is 0. The molecule has 114 valence electrons. The average molecular weight is 388 g/mol. The van der Waals surface area contributed by atoms with Crippen LogP contribution >= 0.6 is 22.6 Å². The highest BCUT2D eigenvalue weighted by atomic mass is 127. The van der Waals surface area contributed by atoms with Crippen molar-refractivity contribution >= 4 is 22.6 Å². The van der Waals surface area contributed by atoms with Gasteiger partial charge in [-0.15, -0.1) is 0 Å². The zero-order chi connectivity index (χ0) is 13.5. The van der Waals surface area contributed by atoms with E-state index < -0.39 is 0 Å². The van der Waals surface area contributed by atoms with Gasteiger partial charge in [-0.05, 0) is 94.3 Å². The minimum atomic E-state index is 0.686. The highest BCUT2D eigenvalue weighted by Crippen LogP contribution is 2.48. The van der Waals surface area contributed by atoms with Crippen molar-refractivity contribution in [3.63, 3.8) is 0 Å². The van der Waals surface area contributed by atoms with Crippen molar-refractivity contribution in [3.05, 3.63) is 0 Å². The molecule has 1 aliphatic heterocycles. The Bertz CT molecular complexity index is 328. The van der Waals surface area contributed by atoms with E-state index in [1.807, 2.05) is 0 Å². The number of fused-ring (bicyclic) bond motifs is 1. The van der Waals surface area contributed by atoms with Gasteiger partial charge in [-0.1, -0.05) is 22.6 Å². The van der Waals surface area contributed by atoms with E-state index in [1.165, 1.54) is 57.8 Å². The Morgan fingerprint density at radius 1 is 0.550 bits per heavy atom. The van der Waals surface area contributed by atoms with Gasteiger partial charge in [0.15, 0.2) is 0 Å². The van der Waals surface area contributed by atoms with Crippen LogP contribution in [-0.2, 0) is 4.74 Å². The second-order valence-electron chi connectivity index (χ2n) is 7.97. The van der Waals surface area contributed by atoms with Crippen LogP contribution in [0.25, 0.3) is 0 Å². The Morgan fingerprint density at radius 2 is 1.05 bits per heavy atom. The van der Waals surface area contributed by atoms with Crippen molar-refractivity contribution in [2.45, 2.75) is 86.8 Å². The highest BCUT2D eigenvalue weighted by molar-refractivity contribution is 14.1. The van der Waals surface area contributed by atoms with Crippen LogP contribution in [0.1, 0.15) is 70.6 Å². The van der Waals surface area contributed by atoms with E-state index in [0.29, 0.717) is 12.2 Å². The molecule has 0 amide bonds. The van der Waals surface area contributed by atoms with Crippen molar-refractivity contribution in [2.24, 2.45) is 23.7 Å². The number of ether oxygens (including phenoxy) is 1. The maximum atomic E-state index is 5.72. The Labute approximate surface area is 137 Å². The van der Waals surface area contributed by atoms with E-state index in [2.05, 4.69) is 22.6 Å². The molecule has 0 aromatic heterocycles. The first kappa shape index (κ1) is 14.3. The molecule has 3 saturated carbocycles. The number of hydrogen-bond acceptors (Lipinski definition) is 1. The van der Waals surface area contributed by atoms with E-state index in [4.69, 9.17) is 4.74 Å². The standard InChI is InChI=1S/C18H29IO/c19-16-8-5-13(6-9-16)12-1-3-14(4-2-12)15-7-10-17-18(11-15)20-17/h12-18H,1-11H2. The largest absolute Gasteiger partial charge is 0.370 e.